The van der Waals surface area contributed by atoms with Crippen LogP contribution >= 0.6 is 11.6 Å². The van der Waals surface area contributed by atoms with Gasteiger partial charge in [-0.3, -0.25) is 4.79 Å². The monoisotopic (exact) mass is 260 g/mol. The average Bonchev–Trinajstić information content (AvgIpc) is 2.41. The number of halogens is 1. The Labute approximate surface area is 111 Å². The van der Waals surface area contributed by atoms with Crippen molar-refractivity contribution in [2.45, 2.75) is 0 Å². The van der Waals surface area contributed by atoms with Crippen LogP contribution in [0.2, 0.25) is 5.02 Å². The minimum Gasteiger partial charge on any atom is -0.398 e. The Balaban J connectivity index is 2.35. The van der Waals surface area contributed by atoms with Crippen molar-refractivity contribution in [3.8, 4) is 0 Å². The molecule has 3 nitrogen and oxygen atoms in total. The number of amides is 1. The first-order valence-electron chi connectivity index (χ1n) is 5.48. The zero-order valence-electron chi connectivity index (χ0n) is 9.93. The van der Waals surface area contributed by atoms with Crippen molar-refractivity contribution in [3.05, 3.63) is 59.1 Å². The van der Waals surface area contributed by atoms with Gasteiger partial charge in [0.1, 0.15) is 0 Å². The number of nitrogens with zero attached hydrogens (tertiary/aromatic N) is 1. The molecule has 2 aromatic rings. The Morgan fingerprint density at radius 3 is 2.44 bits per heavy atom. The molecule has 18 heavy (non-hydrogen) atoms. The fourth-order valence-electron chi connectivity index (χ4n) is 1.66. The van der Waals surface area contributed by atoms with Gasteiger partial charge < -0.3 is 10.6 Å². The Hall–Kier alpha value is -2.00. The number of hydrogen-bond acceptors (Lipinski definition) is 2. The van der Waals surface area contributed by atoms with Gasteiger partial charge in [-0.1, -0.05) is 35.9 Å². The van der Waals surface area contributed by atoms with E-state index in [1.807, 2.05) is 30.3 Å². The standard InChI is InChI=1S/C14H13ClN2O/c1-17(10-6-3-2-4-7-10)14(18)11-8-5-9-12(16)13(11)15/h2-9H,16H2,1H3. The molecule has 0 heterocycles. The van der Waals surface area contributed by atoms with E-state index in [9.17, 15) is 4.79 Å². The predicted octanol–water partition coefficient (Wildman–Crippen LogP) is 3.20. The van der Waals surface area contributed by atoms with E-state index in [0.717, 1.165) is 5.69 Å². The third kappa shape index (κ3) is 2.31. The highest BCUT2D eigenvalue weighted by atomic mass is 35.5. The number of nitrogens with two attached hydrogens (primary N) is 1. The molecule has 4 heteroatoms. The smallest absolute Gasteiger partial charge is 0.259 e. The van der Waals surface area contributed by atoms with Crippen LogP contribution in [0.15, 0.2) is 48.5 Å². The number of carbonyl (C=O) groups excluding carboxylic acids is 1. The van der Waals surface area contributed by atoms with Gasteiger partial charge >= 0.3 is 0 Å². The molecule has 0 saturated heterocycles. The van der Waals surface area contributed by atoms with E-state index in [4.69, 9.17) is 17.3 Å². The zero-order valence-corrected chi connectivity index (χ0v) is 10.7. The molecule has 92 valence electrons. The lowest BCUT2D eigenvalue weighted by Crippen LogP contribution is -2.26. The van der Waals surface area contributed by atoms with Gasteiger partial charge in [0.15, 0.2) is 0 Å². The molecule has 0 fully saturated rings. The van der Waals surface area contributed by atoms with E-state index in [1.165, 1.54) is 0 Å². The Morgan fingerprint density at radius 1 is 1.11 bits per heavy atom. The summed E-state index contributed by atoms with van der Waals surface area (Å²) >= 11 is 6.05. The molecular weight excluding hydrogens is 248 g/mol. The second kappa shape index (κ2) is 5.10. The molecule has 0 atom stereocenters. The van der Waals surface area contributed by atoms with Crippen molar-refractivity contribution in [2.75, 3.05) is 17.7 Å². The average molecular weight is 261 g/mol. The minimum atomic E-state index is -0.182. The highest BCUT2D eigenvalue weighted by molar-refractivity contribution is 6.36. The summed E-state index contributed by atoms with van der Waals surface area (Å²) in [6, 6.07) is 14.4. The molecule has 0 aromatic heterocycles. The molecule has 2 aromatic carbocycles. The van der Waals surface area contributed by atoms with Crippen LogP contribution in [0.25, 0.3) is 0 Å². The van der Waals surface area contributed by atoms with Crippen LogP contribution in [0.5, 0.6) is 0 Å². The third-order valence-corrected chi connectivity index (χ3v) is 3.13. The summed E-state index contributed by atoms with van der Waals surface area (Å²) in [4.78, 5) is 13.8. The first kappa shape index (κ1) is 12.5. The number of benzene rings is 2. The summed E-state index contributed by atoms with van der Waals surface area (Å²) in [5, 5.41) is 0.297. The Morgan fingerprint density at radius 2 is 1.78 bits per heavy atom. The summed E-state index contributed by atoms with van der Waals surface area (Å²) in [6.45, 7) is 0. The molecule has 0 unspecified atom stereocenters. The van der Waals surface area contributed by atoms with Crippen LogP contribution in [0.1, 0.15) is 10.4 Å². The van der Waals surface area contributed by atoms with Crippen molar-refractivity contribution in [1.29, 1.82) is 0 Å². The predicted molar refractivity (Wildman–Crippen MR) is 75.0 cm³/mol. The number of rotatable bonds is 2. The maximum Gasteiger partial charge on any atom is 0.259 e. The van der Waals surface area contributed by atoms with Crippen LogP contribution in [-0.2, 0) is 0 Å². The molecule has 2 rings (SSSR count). The van der Waals surface area contributed by atoms with Crippen LogP contribution in [0, 0.1) is 0 Å². The summed E-state index contributed by atoms with van der Waals surface area (Å²) in [6.07, 6.45) is 0. The Bertz CT molecular complexity index is 569. The molecule has 0 aliphatic rings. The largest absolute Gasteiger partial charge is 0.398 e. The van der Waals surface area contributed by atoms with Crippen molar-refractivity contribution in [2.24, 2.45) is 0 Å². The van der Waals surface area contributed by atoms with Gasteiger partial charge in [0, 0.05) is 12.7 Å². The number of anilines is 2. The van der Waals surface area contributed by atoms with E-state index in [2.05, 4.69) is 0 Å². The van der Waals surface area contributed by atoms with Gasteiger partial charge in [-0.25, -0.2) is 0 Å². The molecule has 0 aliphatic carbocycles. The lowest BCUT2D eigenvalue weighted by molar-refractivity contribution is 0.0993. The molecule has 0 radical (unpaired) electrons. The maximum atomic E-state index is 12.3. The van der Waals surface area contributed by atoms with Gasteiger partial charge in [-0.2, -0.15) is 0 Å². The fourth-order valence-corrected chi connectivity index (χ4v) is 1.87. The van der Waals surface area contributed by atoms with Crippen molar-refractivity contribution in [3.63, 3.8) is 0 Å². The topological polar surface area (TPSA) is 46.3 Å². The number of nitrogen functional groups attached to an aromatic ring is 1. The van der Waals surface area contributed by atoms with Crippen LogP contribution < -0.4 is 10.6 Å². The van der Waals surface area contributed by atoms with E-state index in [0.29, 0.717) is 16.3 Å². The van der Waals surface area contributed by atoms with E-state index in [-0.39, 0.29) is 5.91 Å². The highest BCUT2D eigenvalue weighted by Gasteiger charge is 2.17. The van der Waals surface area contributed by atoms with Gasteiger partial charge in [-0.15, -0.1) is 0 Å². The highest BCUT2D eigenvalue weighted by Crippen LogP contribution is 2.25. The lowest BCUT2D eigenvalue weighted by Gasteiger charge is -2.18. The molecule has 0 spiro atoms. The number of carbonyl (C=O) groups is 1. The maximum absolute atomic E-state index is 12.3. The van der Waals surface area contributed by atoms with E-state index >= 15 is 0 Å². The molecule has 1 amide bonds. The van der Waals surface area contributed by atoms with Crippen molar-refractivity contribution < 1.29 is 4.79 Å². The van der Waals surface area contributed by atoms with Crippen LogP contribution in [0.3, 0.4) is 0 Å². The van der Waals surface area contributed by atoms with Crippen molar-refractivity contribution in [1.82, 2.24) is 0 Å². The summed E-state index contributed by atoms with van der Waals surface area (Å²) in [5.41, 5.74) is 7.31. The second-order valence-electron chi connectivity index (χ2n) is 3.91. The lowest BCUT2D eigenvalue weighted by atomic mass is 10.1. The zero-order chi connectivity index (χ0) is 13.1. The minimum absolute atomic E-state index is 0.182. The quantitative estimate of drug-likeness (QED) is 0.843. The first-order valence-corrected chi connectivity index (χ1v) is 5.86. The SMILES string of the molecule is CN(C(=O)c1cccc(N)c1Cl)c1ccccc1. The fraction of sp³-hybridized carbons (Fsp3) is 0.0714. The van der Waals surface area contributed by atoms with Gasteiger partial charge in [0.25, 0.3) is 5.91 Å². The molecule has 0 bridgehead atoms. The van der Waals surface area contributed by atoms with Crippen LogP contribution in [-0.4, -0.2) is 13.0 Å². The van der Waals surface area contributed by atoms with E-state index in [1.54, 1.807) is 30.1 Å². The summed E-state index contributed by atoms with van der Waals surface area (Å²) in [5.74, 6) is -0.182. The first-order chi connectivity index (χ1) is 8.61. The molecule has 0 saturated carbocycles. The number of para-hydroxylation sites is 1. The second-order valence-corrected chi connectivity index (χ2v) is 4.29. The number of hydrogen-bond donors (Lipinski definition) is 1. The van der Waals surface area contributed by atoms with E-state index < -0.39 is 0 Å². The Kier molecular flexibility index (Phi) is 3.53. The van der Waals surface area contributed by atoms with Crippen molar-refractivity contribution >= 4 is 28.9 Å². The van der Waals surface area contributed by atoms with Gasteiger partial charge in [0.2, 0.25) is 0 Å². The molecular formula is C14H13ClN2O. The normalized spacial score (nSPS) is 10.1. The van der Waals surface area contributed by atoms with Gasteiger partial charge in [0.05, 0.1) is 16.3 Å². The van der Waals surface area contributed by atoms with Crippen LogP contribution in [0.4, 0.5) is 11.4 Å². The molecule has 0 aliphatic heterocycles. The summed E-state index contributed by atoms with van der Waals surface area (Å²) in [7, 11) is 1.71. The third-order valence-electron chi connectivity index (χ3n) is 2.71. The summed E-state index contributed by atoms with van der Waals surface area (Å²) < 4.78 is 0. The van der Waals surface area contributed by atoms with Gasteiger partial charge in [-0.05, 0) is 24.3 Å². The molecule has 2 N–H and O–H groups in total.